The van der Waals surface area contributed by atoms with Gasteiger partial charge in [0.2, 0.25) is 0 Å². The molecule has 0 aromatic heterocycles. The van der Waals surface area contributed by atoms with Gasteiger partial charge in [-0.3, -0.25) is 0 Å². The van der Waals surface area contributed by atoms with Gasteiger partial charge in [0.25, 0.3) is 0 Å². The van der Waals surface area contributed by atoms with Crippen molar-refractivity contribution < 1.29 is 0 Å². The molecule has 0 saturated heterocycles. The molecule has 104 valence electrons. The second-order valence-corrected chi connectivity index (χ2v) is 7.09. The summed E-state index contributed by atoms with van der Waals surface area (Å²) in [5.74, 6) is 2.86. The fraction of sp³-hybridized carbons (Fsp3) is 0.625. The van der Waals surface area contributed by atoms with Gasteiger partial charge in [-0.05, 0) is 74.2 Å². The van der Waals surface area contributed by atoms with E-state index in [1.54, 1.807) is 6.07 Å². The Kier molecular flexibility index (Phi) is 4.07. The van der Waals surface area contributed by atoms with Crippen molar-refractivity contribution in [2.45, 2.75) is 38.1 Å². The van der Waals surface area contributed by atoms with Crippen LogP contribution in [0.2, 0.25) is 10.0 Å². The number of hydrogen-bond donors (Lipinski definition) is 1. The summed E-state index contributed by atoms with van der Waals surface area (Å²) in [7, 11) is 2.03. The van der Waals surface area contributed by atoms with E-state index in [1.807, 2.05) is 19.2 Å². The molecule has 4 atom stereocenters. The third kappa shape index (κ3) is 2.94. The zero-order chi connectivity index (χ0) is 13.4. The van der Waals surface area contributed by atoms with Gasteiger partial charge in [-0.15, -0.1) is 0 Å². The molecule has 1 aromatic rings. The van der Waals surface area contributed by atoms with Crippen molar-refractivity contribution in [2.24, 2.45) is 17.8 Å². The van der Waals surface area contributed by atoms with Crippen molar-refractivity contribution in [3.05, 3.63) is 33.8 Å². The van der Waals surface area contributed by atoms with Gasteiger partial charge in [0.15, 0.2) is 0 Å². The van der Waals surface area contributed by atoms with Crippen molar-refractivity contribution in [1.29, 1.82) is 0 Å². The lowest BCUT2D eigenvalue weighted by atomic mass is 9.83. The van der Waals surface area contributed by atoms with Crippen molar-refractivity contribution in [3.63, 3.8) is 0 Å². The van der Waals surface area contributed by atoms with Crippen LogP contribution in [-0.2, 0) is 0 Å². The summed E-state index contributed by atoms with van der Waals surface area (Å²) in [5.41, 5.74) is 1.22. The van der Waals surface area contributed by atoms with Crippen LogP contribution >= 0.6 is 23.2 Å². The summed E-state index contributed by atoms with van der Waals surface area (Å²) in [6.45, 7) is 0. The Bertz CT molecular complexity index is 440. The number of rotatable bonds is 4. The Morgan fingerprint density at radius 2 is 1.89 bits per heavy atom. The molecule has 2 aliphatic rings. The highest BCUT2D eigenvalue weighted by Gasteiger charge is 2.40. The van der Waals surface area contributed by atoms with E-state index < -0.39 is 0 Å². The van der Waals surface area contributed by atoms with Crippen LogP contribution in [0.5, 0.6) is 0 Å². The molecule has 0 heterocycles. The third-order valence-electron chi connectivity index (χ3n) is 5.06. The molecule has 2 fully saturated rings. The molecule has 19 heavy (non-hydrogen) atoms. The van der Waals surface area contributed by atoms with E-state index in [-0.39, 0.29) is 0 Å². The first-order chi connectivity index (χ1) is 9.15. The van der Waals surface area contributed by atoms with Crippen LogP contribution in [-0.4, -0.2) is 7.05 Å². The van der Waals surface area contributed by atoms with E-state index in [2.05, 4.69) is 5.32 Å². The Labute approximate surface area is 125 Å². The summed E-state index contributed by atoms with van der Waals surface area (Å²) in [5, 5.41) is 4.91. The standard InChI is InChI=1S/C16H21Cl2N/c1-19-16(13-6-14(17)9-15(18)7-13)8-12-5-10-2-3-11(12)4-10/h6-7,9-12,16,19H,2-5,8H2,1H3. The van der Waals surface area contributed by atoms with Gasteiger partial charge >= 0.3 is 0 Å². The minimum Gasteiger partial charge on any atom is -0.313 e. The molecule has 0 amide bonds. The van der Waals surface area contributed by atoms with Gasteiger partial charge in [0, 0.05) is 16.1 Å². The molecule has 1 aromatic carbocycles. The molecule has 2 bridgehead atoms. The normalized spacial score (nSPS) is 30.8. The highest BCUT2D eigenvalue weighted by Crippen LogP contribution is 2.51. The quantitative estimate of drug-likeness (QED) is 0.817. The van der Waals surface area contributed by atoms with Crippen molar-refractivity contribution in [2.75, 3.05) is 7.05 Å². The van der Waals surface area contributed by atoms with E-state index in [0.29, 0.717) is 6.04 Å². The lowest BCUT2D eigenvalue weighted by molar-refractivity contribution is 0.284. The average molecular weight is 298 g/mol. The first-order valence-electron chi connectivity index (χ1n) is 7.29. The monoisotopic (exact) mass is 297 g/mol. The van der Waals surface area contributed by atoms with Gasteiger partial charge < -0.3 is 5.32 Å². The Morgan fingerprint density at radius 1 is 1.16 bits per heavy atom. The van der Waals surface area contributed by atoms with Crippen LogP contribution < -0.4 is 5.32 Å². The molecule has 0 radical (unpaired) electrons. The lowest BCUT2D eigenvalue weighted by Gasteiger charge is -2.27. The topological polar surface area (TPSA) is 12.0 Å². The zero-order valence-electron chi connectivity index (χ0n) is 11.3. The van der Waals surface area contributed by atoms with Crippen LogP contribution in [0.4, 0.5) is 0 Å². The van der Waals surface area contributed by atoms with Gasteiger partial charge in [-0.2, -0.15) is 0 Å². The van der Waals surface area contributed by atoms with Crippen molar-refractivity contribution >= 4 is 23.2 Å². The SMILES string of the molecule is CNC(CC1CC2CCC1C2)c1cc(Cl)cc(Cl)c1. The van der Waals surface area contributed by atoms with E-state index in [4.69, 9.17) is 23.2 Å². The molecule has 3 heteroatoms. The molecule has 2 aliphatic carbocycles. The van der Waals surface area contributed by atoms with E-state index in [9.17, 15) is 0 Å². The largest absolute Gasteiger partial charge is 0.313 e. The third-order valence-corrected chi connectivity index (χ3v) is 5.50. The van der Waals surface area contributed by atoms with Crippen LogP contribution in [0, 0.1) is 17.8 Å². The molecule has 0 aliphatic heterocycles. The number of hydrogen-bond acceptors (Lipinski definition) is 1. The van der Waals surface area contributed by atoms with Gasteiger partial charge in [-0.1, -0.05) is 29.6 Å². The van der Waals surface area contributed by atoms with Gasteiger partial charge in [0.05, 0.1) is 0 Å². The maximum absolute atomic E-state index is 6.12. The minimum atomic E-state index is 0.376. The van der Waals surface area contributed by atoms with Gasteiger partial charge in [0.1, 0.15) is 0 Å². The maximum atomic E-state index is 6.12. The van der Waals surface area contributed by atoms with E-state index in [1.165, 1.54) is 37.7 Å². The summed E-state index contributed by atoms with van der Waals surface area (Å²) < 4.78 is 0. The van der Waals surface area contributed by atoms with Crippen LogP contribution in [0.1, 0.15) is 43.7 Å². The summed E-state index contributed by atoms with van der Waals surface area (Å²) >= 11 is 12.2. The second-order valence-electron chi connectivity index (χ2n) is 6.21. The van der Waals surface area contributed by atoms with Crippen LogP contribution in [0.3, 0.4) is 0 Å². The average Bonchev–Trinajstić information content (AvgIpc) is 2.96. The summed E-state index contributed by atoms with van der Waals surface area (Å²) in [4.78, 5) is 0. The Balaban J connectivity index is 1.73. The summed E-state index contributed by atoms with van der Waals surface area (Å²) in [6.07, 6.45) is 7.03. The molecule has 0 spiro atoms. The molecular formula is C16H21Cl2N. The fourth-order valence-corrected chi connectivity index (χ4v) is 4.71. The Morgan fingerprint density at radius 3 is 2.42 bits per heavy atom. The number of halogens is 2. The van der Waals surface area contributed by atoms with Crippen LogP contribution in [0.15, 0.2) is 18.2 Å². The van der Waals surface area contributed by atoms with E-state index in [0.717, 1.165) is 27.8 Å². The lowest BCUT2D eigenvalue weighted by Crippen LogP contribution is -2.22. The fourth-order valence-electron chi connectivity index (χ4n) is 4.16. The first-order valence-corrected chi connectivity index (χ1v) is 8.04. The maximum Gasteiger partial charge on any atom is 0.0424 e. The second kappa shape index (κ2) is 5.63. The molecule has 3 rings (SSSR count). The predicted molar refractivity (Wildman–Crippen MR) is 81.8 cm³/mol. The minimum absolute atomic E-state index is 0.376. The van der Waals surface area contributed by atoms with Crippen molar-refractivity contribution in [1.82, 2.24) is 5.32 Å². The molecule has 2 saturated carbocycles. The predicted octanol–water partition coefficient (Wildman–Crippen LogP) is 5.08. The number of nitrogens with one attached hydrogen (secondary N) is 1. The van der Waals surface area contributed by atoms with Gasteiger partial charge in [-0.25, -0.2) is 0 Å². The van der Waals surface area contributed by atoms with E-state index >= 15 is 0 Å². The Hall–Kier alpha value is -0.240. The highest BCUT2D eigenvalue weighted by molar-refractivity contribution is 6.34. The van der Waals surface area contributed by atoms with Crippen LogP contribution in [0.25, 0.3) is 0 Å². The zero-order valence-corrected chi connectivity index (χ0v) is 12.8. The number of fused-ring (bicyclic) bond motifs is 2. The molecule has 1 N–H and O–H groups in total. The highest BCUT2D eigenvalue weighted by atomic mass is 35.5. The number of benzene rings is 1. The molecular weight excluding hydrogens is 277 g/mol. The molecule has 4 unspecified atom stereocenters. The van der Waals surface area contributed by atoms with Crippen molar-refractivity contribution in [3.8, 4) is 0 Å². The summed E-state index contributed by atoms with van der Waals surface area (Å²) in [6, 6.07) is 6.26. The smallest absolute Gasteiger partial charge is 0.0424 e. The molecule has 1 nitrogen and oxygen atoms in total. The first kappa shape index (κ1) is 13.7.